The van der Waals surface area contributed by atoms with Gasteiger partial charge in [-0.15, -0.1) is 0 Å². The summed E-state index contributed by atoms with van der Waals surface area (Å²) in [5.41, 5.74) is 0.992. The van der Waals surface area contributed by atoms with Crippen LogP contribution in [0.3, 0.4) is 0 Å². The van der Waals surface area contributed by atoms with Crippen molar-refractivity contribution in [3.8, 4) is 5.19 Å². The third-order valence-corrected chi connectivity index (χ3v) is 2.55. The van der Waals surface area contributed by atoms with Crippen LogP contribution in [0.2, 0.25) is 0 Å². The quantitative estimate of drug-likeness (QED) is 0.696. The lowest BCUT2D eigenvalue weighted by molar-refractivity contribution is 0.362. The summed E-state index contributed by atoms with van der Waals surface area (Å²) < 4.78 is 6.48. The lowest BCUT2D eigenvalue weighted by Gasteiger charge is -1.93. The molecule has 0 unspecified atom stereocenters. The summed E-state index contributed by atoms with van der Waals surface area (Å²) in [6, 6.07) is 7.98. The van der Waals surface area contributed by atoms with E-state index in [9.17, 15) is 0 Å². The van der Waals surface area contributed by atoms with E-state index >= 15 is 0 Å². The first-order chi connectivity index (χ1) is 6.40. The van der Waals surface area contributed by atoms with E-state index in [0.717, 1.165) is 10.2 Å². The van der Waals surface area contributed by atoms with Gasteiger partial charge in [0.1, 0.15) is 6.61 Å². The smallest absolute Gasteiger partial charge is 0.274 e. The van der Waals surface area contributed by atoms with Crippen LogP contribution in [0.25, 0.3) is 10.2 Å². The van der Waals surface area contributed by atoms with E-state index in [1.54, 1.807) is 17.4 Å². The zero-order valence-corrected chi connectivity index (χ0v) is 7.88. The van der Waals surface area contributed by atoms with Crippen LogP contribution in [0.15, 0.2) is 36.9 Å². The molecule has 3 heteroatoms. The summed E-state index contributed by atoms with van der Waals surface area (Å²) in [6.45, 7) is 4.10. The molecule has 0 atom stereocenters. The number of aromatic nitrogens is 1. The maximum atomic E-state index is 5.33. The van der Waals surface area contributed by atoms with Crippen LogP contribution in [-0.2, 0) is 0 Å². The molecule has 0 spiro atoms. The van der Waals surface area contributed by atoms with Crippen molar-refractivity contribution in [2.24, 2.45) is 0 Å². The molecule has 0 bridgehead atoms. The fourth-order valence-corrected chi connectivity index (χ4v) is 1.87. The van der Waals surface area contributed by atoms with Crippen LogP contribution in [0.4, 0.5) is 0 Å². The molecule has 0 aliphatic heterocycles. The van der Waals surface area contributed by atoms with Crippen LogP contribution in [-0.4, -0.2) is 11.6 Å². The Kier molecular flexibility index (Phi) is 2.27. The van der Waals surface area contributed by atoms with Crippen LogP contribution in [0, 0.1) is 0 Å². The maximum Gasteiger partial charge on any atom is 0.274 e. The molecule has 2 rings (SSSR count). The lowest BCUT2D eigenvalue weighted by Crippen LogP contribution is -1.90. The van der Waals surface area contributed by atoms with E-state index in [2.05, 4.69) is 11.6 Å². The molecule has 0 fully saturated rings. The van der Waals surface area contributed by atoms with E-state index in [1.807, 2.05) is 24.3 Å². The molecule has 0 aliphatic rings. The molecular formula is C10H9NOS. The van der Waals surface area contributed by atoms with Gasteiger partial charge in [-0.25, -0.2) is 4.98 Å². The molecule has 1 heterocycles. The van der Waals surface area contributed by atoms with Gasteiger partial charge in [0, 0.05) is 0 Å². The first kappa shape index (κ1) is 8.26. The molecule has 0 saturated heterocycles. The van der Waals surface area contributed by atoms with Gasteiger partial charge in [0.05, 0.1) is 10.2 Å². The van der Waals surface area contributed by atoms with Gasteiger partial charge in [0.25, 0.3) is 5.19 Å². The molecular weight excluding hydrogens is 182 g/mol. The Morgan fingerprint density at radius 3 is 3.08 bits per heavy atom. The second-order valence-electron chi connectivity index (χ2n) is 2.55. The Morgan fingerprint density at radius 1 is 1.46 bits per heavy atom. The molecule has 1 aromatic heterocycles. The maximum absolute atomic E-state index is 5.33. The van der Waals surface area contributed by atoms with Crippen molar-refractivity contribution < 1.29 is 4.74 Å². The third kappa shape index (κ3) is 1.70. The molecule has 2 aromatic rings. The molecule has 0 amide bonds. The number of nitrogens with zero attached hydrogens (tertiary/aromatic N) is 1. The lowest BCUT2D eigenvalue weighted by atomic mass is 10.3. The van der Waals surface area contributed by atoms with Crippen molar-refractivity contribution in [1.29, 1.82) is 0 Å². The van der Waals surface area contributed by atoms with Crippen molar-refractivity contribution in [1.82, 2.24) is 4.98 Å². The summed E-state index contributed by atoms with van der Waals surface area (Å²) in [6.07, 6.45) is 1.71. The Balaban J connectivity index is 2.32. The predicted octanol–water partition coefficient (Wildman–Crippen LogP) is 2.86. The van der Waals surface area contributed by atoms with Gasteiger partial charge in [-0.05, 0) is 12.1 Å². The Morgan fingerprint density at radius 2 is 2.31 bits per heavy atom. The summed E-state index contributed by atoms with van der Waals surface area (Å²) >= 11 is 1.56. The zero-order valence-electron chi connectivity index (χ0n) is 7.06. The molecule has 13 heavy (non-hydrogen) atoms. The summed E-state index contributed by atoms with van der Waals surface area (Å²) in [5, 5.41) is 0.709. The number of ether oxygens (including phenoxy) is 1. The van der Waals surface area contributed by atoms with Gasteiger partial charge >= 0.3 is 0 Å². The fourth-order valence-electron chi connectivity index (χ4n) is 1.04. The minimum Gasteiger partial charge on any atom is -0.466 e. The average molecular weight is 191 g/mol. The van der Waals surface area contributed by atoms with Gasteiger partial charge in [0.2, 0.25) is 0 Å². The Hall–Kier alpha value is -1.35. The Bertz CT molecular complexity index is 389. The van der Waals surface area contributed by atoms with E-state index in [0.29, 0.717) is 11.8 Å². The summed E-state index contributed by atoms with van der Waals surface area (Å²) in [4.78, 5) is 4.30. The highest BCUT2D eigenvalue weighted by Gasteiger charge is 2.01. The van der Waals surface area contributed by atoms with E-state index in [4.69, 9.17) is 4.74 Å². The van der Waals surface area contributed by atoms with Crippen LogP contribution in [0.5, 0.6) is 5.19 Å². The van der Waals surface area contributed by atoms with E-state index in [1.165, 1.54) is 0 Å². The highest BCUT2D eigenvalue weighted by atomic mass is 32.1. The van der Waals surface area contributed by atoms with Crippen LogP contribution < -0.4 is 4.74 Å². The van der Waals surface area contributed by atoms with Gasteiger partial charge in [-0.2, -0.15) is 0 Å². The first-order valence-corrected chi connectivity index (χ1v) is 4.81. The topological polar surface area (TPSA) is 22.1 Å². The molecule has 0 saturated carbocycles. The van der Waals surface area contributed by atoms with Crippen LogP contribution in [0.1, 0.15) is 0 Å². The van der Waals surface area contributed by atoms with Gasteiger partial charge in [-0.3, -0.25) is 0 Å². The second-order valence-corrected chi connectivity index (χ2v) is 3.54. The third-order valence-electron chi connectivity index (χ3n) is 1.60. The minimum absolute atomic E-state index is 0.514. The highest BCUT2D eigenvalue weighted by molar-refractivity contribution is 7.20. The standard InChI is InChI=1S/C10H9NOS/c1-2-7-12-10-11-8-5-3-4-6-9(8)13-10/h2-6H,1,7H2. The second kappa shape index (κ2) is 3.58. The van der Waals surface area contributed by atoms with Gasteiger partial charge < -0.3 is 4.74 Å². The molecule has 1 aromatic carbocycles. The largest absolute Gasteiger partial charge is 0.466 e. The molecule has 2 nitrogen and oxygen atoms in total. The highest BCUT2D eigenvalue weighted by Crippen LogP contribution is 2.26. The van der Waals surface area contributed by atoms with Crippen molar-refractivity contribution in [2.75, 3.05) is 6.61 Å². The van der Waals surface area contributed by atoms with Crippen LogP contribution >= 0.6 is 11.3 Å². The van der Waals surface area contributed by atoms with Gasteiger partial charge in [0.15, 0.2) is 0 Å². The number of para-hydroxylation sites is 1. The SMILES string of the molecule is C=CCOc1nc2ccccc2s1. The minimum atomic E-state index is 0.514. The van der Waals surface area contributed by atoms with Crippen molar-refractivity contribution in [2.45, 2.75) is 0 Å². The summed E-state index contributed by atoms with van der Waals surface area (Å²) in [7, 11) is 0. The average Bonchev–Trinajstić information content (AvgIpc) is 2.57. The summed E-state index contributed by atoms with van der Waals surface area (Å²) in [5.74, 6) is 0. The zero-order chi connectivity index (χ0) is 9.10. The van der Waals surface area contributed by atoms with Crippen molar-refractivity contribution in [3.05, 3.63) is 36.9 Å². The number of rotatable bonds is 3. The van der Waals surface area contributed by atoms with Crippen molar-refractivity contribution in [3.63, 3.8) is 0 Å². The molecule has 0 radical (unpaired) electrons. The molecule has 66 valence electrons. The fraction of sp³-hybridized carbons (Fsp3) is 0.100. The van der Waals surface area contributed by atoms with Gasteiger partial charge in [-0.1, -0.05) is 36.1 Å². The van der Waals surface area contributed by atoms with Crippen molar-refractivity contribution >= 4 is 21.6 Å². The number of fused-ring (bicyclic) bond motifs is 1. The molecule has 0 N–H and O–H groups in total. The number of benzene rings is 1. The molecule has 0 aliphatic carbocycles. The Labute approximate surface area is 80.5 Å². The van der Waals surface area contributed by atoms with E-state index < -0.39 is 0 Å². The first-order valence-electron chi connectivity index (χ1n) is 3.99. The number of hydrogen-bond donors (Lipinski definition) is 0. The monoisotopic (exact) mass is 191 g/mol. The van der Waals surface area contributed by atoms with E-state index in [-0.39, 0.29) is 0 Å². The predicted molar refractivity (Wildman–Crippen MR) is 55.3 cm³/mol. The number of hydrogen-bond acceptors (Lipinski definition) is 3. The normalized spacial score (nSPS) is 10.2. The number of thiazole rings is 1.